The van der Waals surface area contributed by atoms with Crippen molar-refractivity contribution in [2.45, 2.75) is 26.3 Å². The van der Waals surface area contributed by atoms with Gasteiger partial charge < -0.3 is 21.4 Å². The van der Waals surface area contributed by atoms with Crippen molar-refractivity contribution in [1.29, 1.82) is 0 Å². The van der Waals surface area contributed by atoms with E-state index in [0.717, 1.165) is 0 Å². The Morgan fingerprint density at radius 3 is 2.71 bits per heavy atom. The van der Waals surface area contributed by atoms with Gasteiger partial charge in [-0.2, -0.15) is 0 Å². The molecule has 3 amide bonds. The summed E-state index contributed by atoms with van der Waals surface area (Å²) in [6.45, 7) is 6.02. The van der Waals surface area contributed by atoms with Gasteiger partial charge in [0, 0.05) is 6.54 Å². The highest BCUT2D eigenvalue weighted by atomic mass is 16.2. The molecule has 1 aromatic heterocycles. The molecular weight excluding hydrogens is 270 g/mol. The molecule has 112 valence electrons. The molecule has 0 bridgehead atoms. The van der Waals surface area contributed by atoms with E-state index in [1.807, 2.05) is 20.8 Å². The number of benzene rings is 1. The highest BCUT2D eigenvalue weighted by Gasteiger charge is 2.27. The molecule has 0 radical (unpaired) electrons. The summed E-state index contributed by atoms with van der Waals surface area (Å²) in [5, 5.41) is 5.49. The number of primary amides is 1. The second kappa shape index (κ2) is 5.43. The first-order valence-corrected chi connectivity index (χ1v) is 6.70. The number of aromatic amines is 1. The van der Waals surface area contributed by atoms with Crippen LogP contribution in [0.15, 0.2) is 18.2 Å². The lowest BCUT2D eigenvalue weighted by Gasteiger charge is -2.23. The minimum absolute atomic E-state index is 0.280. The standard InChI is InChI=1S/C14H19N5O2/c1-4-16-13(21)19-14(2,3)12-17-9-7-5-6-8(11(15)20)10(9)18-12/h5-7H,4H2,1-3H3,(H2,15,20)(H,17,18)(H2,16,19,21). The van der Waals surface area contributed by atoms with Crippen LogP contribution in [0, 0.1) is 0 Å². The van der Waals surface area contributed by atoms with E-state index in [0.29, 0.717) is 29.0 Å². The van der Waals surface area contributed by atoms with Gasteiger partial charge in [0.1, 0.15) is 11.3 Å². The van der Waals surface area contributed by atoms with Gasteiger partial charge in [0.05, 0.1) is 16.6 Å². The number of fused-ring (bicyclic) bond motifs is 1. The third kappa shape index (κ3) is 2.96. The zero-order chi connectivity index (χ0) is 15.6. The van der Waals surface area contributed by atoms with E-state index in [1.165, 1.54) is 0 Å². The molecule has 0 saturated heterocycles. The molecule has 0 fully saturated rings. The molecule has 2 aromatic rings. The Bertz CT molecular complexity index is 690. The number of rotatable bonds is 4. The fourth-order valence-electron chi connectivity index (χ4n) is 2.07. The molecule has 0 aliphatic rings. The molecule has 7 heteroatoms. The van der Waals surface area contributed by atoms with Gasteiger partial charge >= 0.3 is 6.03 Å². The minimum Gasteiger partial charge on any atom is -0.366 e. The second-order valence-electron chi connectivity index (χ2n) is 5.26. The van der Waals surface area contributed by atoms with Gasteiger partial charge in [-0.1, -0.05) is 6.07 Å². The van der Waals surface area contributed by atoms with E-state index in [2.05, 4.69) is 20.6 Å². The van der Waals surface area contributed by atoms with Crippen LogP contribution in [0.2, 0.25) is 0 Å². The number of carbonyl (C=O) groups excluding carboxylic acids is 2. The molecule has 7 nitrogen and oxygen atoms in total. The SMILES string of the molecule is CCNC(=O)NC(C)(C)c1nc2c(C(N)=O)cccc2[nH]1. The van der Waals surface area contributed by atoms with Crippen molar-refractivity contribution in [2.24, 2.45) is 5.73 Å². The quantitative estimate of drug-likeness (QED) is 0.678. The van der Waals surface area contributed by atoms with Crippen LogP contribution in [0.5, 0.6) is 0 Å². The van der Waals surface area contributed by atoms with E-state index < -0.39 is 11.4 Å². The number of carbonyl (C=O) groups is 2. The number of H-pyrrole nitrogens is 1. The first-order chi connectivity index (χ1) is 9.85. The fraction of sp³-hybridized carbons (Fsp3) is 0.357. The third-order valence-corrected chi connectivity index (χ3v) is 3.13. The van der Waals surface area contributed by atoms with E-state index in [1.54, 1.807) is 18.2 Å². The first-order valence-electron chi connectivity index (χ1n) is 6.70. The Morgan fingerprint density at radius 1 is 1.38 bits per heavy atom. The third-order valence-electron chi connectivity index (χ3n) is 3.13. The lowest BCUT2D eigenvalue weighted by molar-refractivity contribution is 0.100. The number of hydrogen-bond acceptors (Lipinski definition) is 3. The molecule has 0 atom stereocenters. The Labute approximate surface area is 122 Å². The van der Waals surface area contributed by atoms with Gasteiger partial charge in [0.15, 0.2) is 0 Å². The maximum absolute atomic E-state index is 11.7. The number of urea groups is 1. The summed E-state index contributed by atoms with van der Waals surface area (Å²) in [5.74, 6) is 0.0191. The van der Waals surface area contributed by atoms with Crippen LogP contribution in [0.4, 0.5) is 4.79 Å². The smallest absolute Gasteiger partial charge is 0.315 e. The van der Waals surface area contributed by atoms with Gasteiger partial charge in [-0.15, -0.1) is 0 Å². The number of nitrogens with one attached hydrogen (secondary N) is 3. The van der Waals surface area contributed by atoms with Crippen molar-refractivity contribution < 1.29 is 9.59 Å². The Balaban J connectivity index is 2.40. The minimum atomic E-state index is -0.715. The average molecular weight is 289 g/mol. The van der Waals surface area contributed by atoms with E-state index in [4.69, 9.17) is 5.73 Å². The van der Waals surface area contributed by atoms with Crippen LogP contribution >= 0.6 is 0 Å². The number of nitrogens with zero attached hydrogens (tertiary/aromatic N) is 1. The van der Waals surface area contributed by atoms with Crippen LogP contribution in [0.1, 0.15) is 37.0 Å². The largest absolute Gasteiger partial charge is 0.366 e. The molecule has 0 spiro atoms. The Kier molecular flexibility index (Phi) is 3.84. The normalized spacial score (nSPS) is 11.4. The van der Waals surface area contributed by atoms with Crippen LogP contribution in [-0.4, -0.2) is 28.5 Å². The second-order valence-corrected chi connectivity index (χ2v) is 5.26. The van der Waals surface area contributed by atoms with E-state index in [-0.39, 0.29) is 6.03 Å². The summed E-state index contributed by atoms with van der Waals surface area (Å²) in [6, 6.07) is 4.88. The highest BCUT2D eigenvalue weighted by Crippen LogP contribution is 2.22. The molecule has 1 aromatic carbocycles. The zero-order valence-corrected chi connectivity index (χ0v) is 12.3. The molecule has 21 heavy (non-hydrogen) atoms. The molecule has 0 saturated carbocycles. The van der Waals surface area contributed by atoms with Gasteiger partial charge in [-0.3, -0.25) is 4.79 Å². The molecule has 2 rings (SSSR count). The summed E-state index contributed by atoms with van der Waals surface area (Å²) in [5.41, 5.74) is 6.19. The summed E-state index contributed by atoms with van der Waals surface area (Å²) < 4.78 is 0. The van der Waals surface area contributed by atoms with Crippen LogP contribution in [0.3, 0.4) is 0 Å². The van der Waals surface area contributed by atoms with Crippen molar-refractivity contribution >= 4 is 23.0 Å². The topological polar surface area (TPSA) is 113 Å². The van der Waals surface area contributed by atoms with Crippen molar-refractivity contribution in [1.82, 2.24) is 20.6 Å². The van der Waals surface area contributed by atoms with E-state index >= 15 is 0 Å². The summed E-state index contributed by atoms with van der Waals surface area (Å²) in [6.07, 6.45) is 0. The molecule has 1 heterocycles. The van der Waals surface area contributed by atoms with Gasteiger partial charge in [-0.25, -0.2) is 9.78 Å². The lowest BCUT2D eigenvalue weighted by atomic mass is 10.1. The monoisotopic (exact) mass is 289 g/mol. The van der Waals surface area contributed by atoms with E-state index in [9.17, 15) is 9.59 Å². The van der Waals surface area contributed by atoms with Crippen LogP contribution in [-0.2, 0) is 5.54 Å². The lowest BCUT2D eigenvalue weighted by Crippen LogP contribution is -2.47. The number of para-hydroxylation sites is 1. The van der Waals surface area contributed by atoms with Crippen molar-refractivity contribution in [2.75, 3.05) is 6.54 Å². The summed E-state index contributed by atoms with van der Waals surface area (Å²) in [4.78, 5) is 30.6. The first kappa shape index (κ1) is 14.8. The zero-order valence-electron chi connectivity index (χ0n) is 12.3. The van der Waals surface area contributed by atoms with Crippen molar-refractivity contribution in [3.05, 3.63) is 29.6 Å². The number of imidazole rings is 1. The fourth-order valence-corrected chi connectivity index (χ4v) is 2.07. The summed E-state index contributed by atoms with van der Waals surface area (Å²) in [7, 11) is 0. The molecular formula is C14H19N5O2. The van der Waals surface area contributed by atoms with Crippen LogP contribution < -0.4 is 16.4 Å². The maximum atomic E-state index is 11.7. The predicted octanol–water partition coefficient (Wildman–Crippen LogP) is 1.22. The summed E-state index contributed by atoms with van der Waals surface area (Å²) >= 11 is 0. The molecule has 0 aliphatic heterocycles. The molecule has 5 N–H and O–H groups in total. The molecule has 0 unspecified atom stereocenters. The van der Waals surface area contributed by atoms with Crippen molar-refractivity contribution in [3.63, 3.8) is 0 Å². The Morgan fingerprint density at radius 2 is 2.10 bits per heavy atom. The predicted molar refractivity (Wildman–Crippen MR) is 79.8 cm³/mol. The maximum Gasteiger partial charge on any atom is 0.315 e. The average Bonchev–Trinajstić information content (AvgIpc) is 2.82. The van der Waals surface area contributed by atoms with Crippen LogP contribution in [0.25, 0.3) is 11.0 Å². The highest BCUT2D eigenvalue weighted by molar-refractivity contribution is 6.04. The number of aromatic nitrogens is 2. The Hall–Kier alpha value is -2.57. The molecule has 0 aliphatic carbocycles. The van der Waals surface area contributed by atoms with Crippen molar-refractivity contribution in [3.8, 4) is 0 Å². The van der Waals surface area contributed by atoms with Gasteiger partial charge in [-0.05, 0) is 32.9 Å². The van der Waals surface area contributed by atoms with Gasteiger partial charge in [0.2, 0.25) is 0 Å². The number of nitrogens with two attached hydrogens (primary N) is 1. The number of amides is 3. The number of hydrogen-bond donors (Lipinski definition) is 4. The van der Waals surface area contributed by atoms with Gasteiger partial charge in [0.25, 0.3) is 5.91 Å².